The summed E-state index contributed by atoms with van der Waals surface area (Å²) in [5, 5.41) is 10.3. The van der Waals surface area contributed by atoms with Crippen LogP contribution >= 0.6 is 11.9 Å². The molecular weight excluding hydrogens is 110 g/mol. The first-order valence-corrected chi connectivity index (χ1v) is 3.41. The first-order valence-electron chi connectivity index (χ1n) is 2.47. The molecule has 1 saturated heterocycles. The zero-order valence-corrected chi connectivity index (χ0v) is 4.91. The molecule has 0 aromatic heterocycles. The normalized spacial score (nSPS) is 25.3. The standard InChI is InChI=1S/C4H8NOS/c6-5-3-1-2-4-7-5/h1-4H2. The summed E-state index contributed by atoms with van der Waals surface area (Å²) in [6.45, 7) is 0.727. The van der Waals surface area contributed by atoms with Gasteiger partial charge >= 0.3 is 0 Å². The van der Waals surface area contributed by atoms with Crippen LogP contribution in [0.4, 0.5) is 0 Å². The van der Waals surface area contributed by atoms with E-state index in [0.717, 1.165) is 23.2 Å². The van der Waals surface area contributed by atoms with Gasteiger partial charge in [0, 0.05) is 12.3 Å². The van der Waals surface area contributed by atoms with E-state index in [0.29, 0.717) is 0 Å². The highest BCUT2D eigenvalue weighted by molar-refractivity contribution is 7.96. The summed E-state index contributed by atoms with van der Waals surface area (Å²) in [6, 6.07) is 0. The van der Waals surface area contributed by atoms with Gasteiger partial charge in [-0.3, -0.25) is 0 Å². The summed E-state index contributed by atoms with van der Waals surface area (Å²) in [7, 11) is 0. The Bertz CT molecular complexity index is 53.7. The van der Waals surface area contributed by atoms with Gasteiger partial charge in [0.25, 0.3) is 0 Å². The van der Waals surface area contributed by atoms with Gasteiger partial charge in [0.2, 0.25) is 0 Å². The third-order valence-corrected chi connectivity index (χ3v) is 1.91. The molecule has 0 amide bonds. The van der Waals surface area contributed by atoms with E-state index in [1.165, 1.54) is 18.4 Å². The Kier molecular flexibility index (Phi) is 1.97. The fourth-order valence-electron chi connectivity index (χ4n) is 0.574. The van der Waals surface area contributed by atoms with Gasteiger partial charge < -0.3 is 0 Å². The van der Waals surface area contributed by atoms with Crippen LogP contribution in [0.2, 0.25) is 0 Å². The topological polar surface area (TPSA) is 23.1 Å². The van der Waals surface area contributed by atoms with Crippen LogP contribution in [0, 0.1) is 0 Å². The van der Waals surface area contributed by atoms with E-state index in [1.54, 1.807) is 0 Å². The van der Waals surface area contributed by atoms with Gasteiger partial charge in [0.15, 0.2) is 0 Å². The molecule has 0 aromatic carbocycles. The van der Waals surface area contributed by atoms with Crippen LogP contribution < -0.4 is 0 Å². The Hall–Kier alpha value is 0.270. The second-order valence-electron chi connectivity index (χ2n) is 1.60. The van der Waals surface area contributed by atoms with Crippen molar-refractivity contribution in [3.63, 3.8) is 0 Å². The monoisotopic (exact) mass is 118 g/mol. The second-order valence-corrected chi connectivity index (χ2v) is 2.67. The van der Waals surface area contributed by atoms with Crippen LogP contribution in [-0.2, 0) is 5.21 Å². The molecule has 2 nitrogen and oxygen atoms in total. The SMILES string of the molecule is [O]N1CCCCS1. The zero-order valence-electron chi connectivity index (χ0n) is 4.09. The number of hydrogen-bond donors (Lipinski definition) is 0. The summed E-state index contributed by atoms with van der Waals surface area (Å²) in [6.07, 6.45) is 2.29. The maximum absolute atomic E-state index is 10.3. The summed E-state index contributed by atoms with van der Waals surface area (Å²) < 4.78 is 1.06. The fraction of sp³-hybridized carbons (Fsp3) is 1.00. The maximum Gasteiger partial charge on any atom is 0.0388 e. The highest BCUT2D eigenvalue weighted by Gasteiger charge is 2.07. The van der Waals surface area contributed by atoms with E-state index in [9.17, 15) is 5.21 Å². The highest BCUT2D eigenvalue weighted by Crippen LogP contribution is 2.15. The lowest BCUT2D eigenvalue weighted by molar-refractivity contribution is -0.0646. The van der Waals surface area contributed by atoms with Crippen molar-refractivity contribution in [3.8, 4) is 0 Å². The van der Waals surface area contributed by atoms with Gasteiger partial charge in [-0.2, -0.15) is 0 Å². The minimum atomic E-state index is 0.727. The van der Waals surface area contributed by atoms with Gasteiger partial charge in [0.05, 0.1) is 0 Å². The van der Waals surface area contributed by atoms with E-state index >= 15 is 0 Å². The van der Waals surface area contributed by atoms with Crippen molar-refractivity contribution in [1.82, 2.24) is 4.47 Å². The summed E-state index contributed by atoms with van der Waals surface area (Å²) in [4.78, 5) is 0. The number of hydrogen-bond acceptors (Lipinski definition) is 2. The third kappa shape index (κ3) is 1.67. The Balaban J connectivity index is 2.12. The Morgan fingerprint density at radius 3 is 2.57 bits per heavy atom. The average Bonchev–Trinajstić information content (AvgIpc) is 1.69. The molecule has 0 spiro atoms. The summed E-state index contributed by atoms with van der Waals surface area (Å²) in [5.74, 6) is 1.02. The molecule has 0 saturated carbocycles. The largest absolute Gasteiger partial charge is 0.109 e. The zero-order chi connectivity index (χ0) is 5.11. The molecule has 7 heavy (non-hydrogen) atoms. The first-order chi connectivity index (χ1) is 3.39. The summed E-state index contributed by atoms with van der Waals surface area (Å²) >= 11 is 1.40. The van der Waals surface area contributed by atoms with Crippen LogP contribution in [-0.4, -0.2) is 16.8 Å². The number of rotatable bonds is 0. The van der Waals surface area contributed by atoms with Crippen LogP contribution in [0.5, 0.6) is 0 Å². The van der Waals surface area contributed by atoms with E-state index in [4.69, 9.17) is 0 Å². The van der Waals surface area contributed by atoms with Gasteiger partial charge in [-0.15, -0.1) is 5.21 Å². The van der Waals surface area contributed by atoms with Gasteiger partial charge in [-0.25, -0.2) is 0 Å². The van der Waals surface area contributed by atoms with Crippen LogP contribution in [0.3, 0.4) is 0 Å². The van der Waals surface area contributed by atoms with Crippen molar-refractivity contribution in [2.75, 3.05) is 12.3 Å². The van der Waals surface area contributed by atoms with Crippen molar-refractivity contribution in [2.24, 2.45) is 0 Å². The molecule has 41 valence electrons. The Morgan fingerprint density at radius 2 is 2.29 bits per heavy atom. The minimum Gasteiger partial charge on any atom is -0.109 e. The predicted molar refractivity (Wildman–Crippen MR) is 29.1 cm³/mol. The van der Waals surface area contributed by atoms with E-state index < -0.39 is 0 Å². The van der Waals surface area contributed by atoms with Crippen molar-refractivity contribution < 1.29 is 5.21 Å². The molecule has 0 unspecified atom stereocenters. The Morgan fingerprint density at radius 1 is 1.43 bits per heavy atom. The molecule has 0 aromatic rings. The van der Waals surface area contributed by atoms with Crippen molar-refractivity contribution >= 4 is 11.9 Å². The van der Waals surface area contributed by atoms with Crippen molar-refractivity contribution in [1.29, 1.82) is 0 Å². The molecule has 1 heterocycles. The molecule has 0 N–H and O–H groups in total. The predicted octanol–water partition coefficient (Wildman–Crippen LogP) is 1.08. The lowest BCUT2D eigenvalue weighted by Crippen LogP contribution is -2.15. The van der Waals surface area contributed by atoms with Crippen molar-refractivity contribution in [3.05, 3.63) is 0 Å². The first kappa shape index (κ1) is 5.41. The van der Waals surface area contributed by atoms with Crippen molar-refractivity contribution in [2.45, 2.75) is 12.8 Å². The minimum absolute atomic E-state index is 0.727. The van der Waals surface area contributed by atoms with E-state index in [1.807, 2.05) is 0 Å². The van der Waals surface area contributed by atoms with Crippen LogP contribution in [0.15, 0.2) is 0 Å². The number of nitrogens with zero attached hydrogens (tertiary/aromatic N) is 1. The molecule has 1 rings (SSSR count). The van der Waals surface area contributed by atoms with E-state index in [-0.39, 0.29) is 0 Å². The van der Waals surface area contributed by atoms with Gasteiger partial charge in [-0.1, -0.05) is 4.47 Å². The third-order valence-electron chi connectivity index (χ3n) is 0.970. The van der Waals surface area contributed by atoms with E-state index in [2.05, 4.69) is 0 Å². The second kappa shape index (κ2) is 2.55. The van der Waals surface area contributed by atoms with Gasteiger partial charge in [0.1, 0.15) is 0 Å². The molecule has 0 atom stereocenters. The van der Waals surface area contributed by atoms with Gasteiger partial charge in [-0.05, 0) is 24.8 Å². The molecular formula is C4H8NOS. The molecule has 0 bridgehead atoms. The fourth-order valence-corrected chi connectivity index (χ4v) is 1.37. The Labute approximate surface area is 47.6 Å². The lowest BCUT2D eigenvalue weighted by atomic mass is 10.3. The quantitative estimate of drug-likeness (QED) is 0.444. The number of hydroxylamine groups is 1. The van der Waals surface area contributed by atoms with Crippen LogP contribution in [0.25, 0.3) is 0 Å². The van der Waals surface area contributed by atoms with Crippen LogP contribution in [0.1, 0.15) is 12.8 Å². The summed E-state index contributed by atoms with van der Waals surface area (Å²) in [5.41, 5.74) is 0. The average molecular weight is 118 g/mol. The molecule has 1 aliphatic rings. The smallest absolute Gasteiger partial charge is 0.0388 e. The highest BCUT2D eigenvalue weighted by atomic mass is 32.2. The molecule has 1 radical (unpaired) electrons. The molecule has 3 heteroatoms. The molecule has 0 aliphatic carbocycles. The molecule has 1 fully saturated rings. The molecule has 1 aliphatic heterocycles. The lowest BCUT2D eigenvalue weighted by Gasteiger charge is -2.14. The maximum atomic E-state index is 10.3.